The van der Waals surface area contributed by atoms with Crippen LogP contribution in [0.4, 0.5) is 5.69 Å². The molecule has 0 heterocycles. The SMILES string of the molecule is CCOc1cc(/C=C(\C#N)C(=O)Nc2ccc(Cl)c(Cl)c2)cc(Cl)c1OCc1ccccc1C. The number of rotatable bonds is 8. The number of anilines is 1. The maximum atomic E-state index is 12.6. The first kappa shape index (κ1) is 25.5. The van der Waals surface area contributed by atoms with E-state index in [1.165, 1.54) is 12.1 Å². The fourth-order valence-electron chi connectivity index (χ4n) is 3.08. The lowest BCUT2D eigenvalue weighted by Gasteiger charge is -2.15. The van der Waals surface area contributed by atoms with Gasteiger partial charge in [-0.2, -0.15) is 5.26 Å². The average molecular weight is 516 g/mol. The van der Waals surface area contributed by atoms with Crippen molar-refractivity contribution in [2.75, 3.05) is 11.9 Å². The van der Waals surface area contributed by atoms with Crippen molar-refractivity contribution in [2.45, 2.75) is 20.5 Å². The Balaban J connectivity index is 1.86. The number of ether oxygens (including phenoxy) is 2. The Kier molecular flexibility index (Phi) is 8.84. The quantitative estimate of drug-likeness (QED) is 0.249. The number of carbonyl (C=O) groups excluding carboxylic acids is 1. The third kappa shape index (κ3) is 6.45. The summed E-state index contributed by atoms with van der Waals surface area (Å²) in [5.41, 5.74) is 2.92. The number of halogens is 3. The number of nitriles is 1. The highest BCUT2D eigenvalue weighted by atomic mass is 35.5. The summed E-state index contributed by atoms with van der Waals surface area (Å²) < 4.78 is 11.7. The summed E-state index contributed by atoms with van der Waals surface area (Å²) in [4.78, 5) is 12.6. The molecule has 0 fully saturated rings. The first-order valence-electron chi connectivity index (χ1n) is 10.3. The molecule has 34 heavy (non-hydrogen) atoms. The zero-order valence-corrected chi connectivity index (χ0v) is 20.8. The highest BCUT2D eigenvalue weighted by molar-refractivity contribution is 6.42. The molecule has 174 valence electrons. The maximum absolute atomic E-state index is 12.6. The van der Waals surface area contributed by atoms with Gasteiger partial charge in [-0.3, -0.25) is 4.79 Å². The van der Waals surface area contributed by atoms with Crippen LogP contribution in [0.5, 0.6) is 11.5 Å². The molecule has 5 nitrogen and oxygen atoms in total. The van der Waals surface area contributed by atoms with Crippen LogP contribution in [0.1, 0.15) is 23.6 Å². The minimum absolute atomic E-state index is 0.127. The molecule has 8 heteroatoms. The van der Waals surface area contributed by atoms with Crippen LogP contribution in [0.25, 0.3) is 6.08 Å². The molecule has 0 radical (unpaired) electrons. The van der Waals surface area contributed by atoms with Crippen LogP contribution in [0.3, 0.4) is 0 Å². The molecule has 0 saturated carbocycles. The van der Waals surface area contributed by atoms with Crippen molar-refractivity contribution >= 4 is 52.5 Å². The van der Waals surface area contributed by atoms with Crippen LogP contribution >= 0.6 is 34.8 Å². The average Bonchev–Trinajstić information content (AvgIpc) is 2.80. The molecule has 0 aliphatic heterocycles. The van der Waals surface area contributed by atoms with E-state index in [0.29, 0.717) is 46.0 Å². The number of hydrogen-bond acceptors (Lipinski definition) is 4. The van der Waals surface area contributed by atoms with Crippen molar-refractivity contribution in [2.24, 2.45) is 0 Å². The second-order valence-electron chi connectivity index (χ2n) is 7.23. The summed E-state index contributed by atoms with van der Waals surface area (Å²) in [5, 5.41) is 13.1. The number of nitrogens with zero attached hydrogens (tertiary/aromatic N) is 1. The third-order valence-corrected chi connectivity index (χ3v) is 5.84. The normalized spacial score (nSPS) is 11.0. The lowest BCUT2D eigenvalue weighted by atomic mass is 10.1. The van der Waals surface area contributed by atoms with Crippen molar-refractivity contribution in [3.8, 4) is 17.6 Å². The van der Waals surface area contributed by atoms with E-state index in [2.05, 4.69) is 5.32 Å². The van der Waals surface area contributed by atoms with Gasteiger partial charge in [-0.1, -0.05) is 59.1 Å². The van der Waals surface area contributed by atoms with Gasteiger partial charge in [-0.15, -0.1) is 0 Å². The lowest BCUT2D eigenvalue weighted by Crippen LogP contribution is -2.13. The minimum Gasteiger partial charge on any atom is -0.490 e. The first-order valence-corrected chi connectivity index (χ1v) is 11.5. The van der Waals surface area contributed by atoms with Crippen LogP contribution in [0, 0.1) is 18.3 Å². The predicted octanol–water partition coefficient (Wildman–Crippen LogP) is 7.48. The van der Waals surface area contributed by atoms with Gasteiger partial charge < -0.3 is 14.8 Å². The van der Waals surface area contributed by atoms with Crippen molar-refractivity contribution in [3.63, 3.8) is 0 Å². The van der Waals surface area contributed by atoms with Gasteiger partial charge in [0.05, 0.1) is 21.7 Å². The van der Waals surface area contributed by atoms with Crippen molar-refractivity contribution in [3.05, 3.63) is 91.9 Å². The molecule has 0 unspecified atom stereocenters. The molecule has 0 saturated heterocycles. The van der Waals surface area contributed by atoms with Crippen LogP contribution in [-0.2, 0) is 11.4 Å². The number of amides is 1. The van der Waals surface area contributed by atoms with Gasteiger partial charge >= 0.3 is 0 Å². The van der Waals surface area contributed by atoms with E-state index >= 15 is 0 Å². The third-order valence-electron chi connectivity index (χ3n) is 4.82. The molecule has 3 rings (SSSR count). The molecule has 0 aromatic heterocycles. The molecule has 0 spiro atoms. The highest BCUT2D eigenvalue weighted by Crippen LogP contribution is 2.38. The summed E-state index contributed by atoms with van der Waals surface area (Å²) in [6.45, 7) is 4.54. The second-order valence-corrected chi connectivity index (χ2v) is 8.45. The summed E-state index contributed by atoms with van der Waals surface area (Å²) in [6.07, 6.45) is 1.42. The monoisotopic (exact) mass is 514 g/mol. The largest absolute Gasteiger partial charge is 0.490 e. The standard InChI is InChI=1S/C26H21Cl3N2O3/c1-3-33-24-12-17(11-23(29)25(24)34-15-18-7-5-4-6-16(18)2)10-19(14-30)26(32)31-20-8-9-21(27)22(28)13-20/h4-13H,3,15H2,1-2H3,(H,31,32)/b19-10+. The number of carbonyl (C=O) groups is 1. The molecule has 0 atom stereocenters. The number of aryl methyl sites for hydroxylation is 1. The summed E-state index contributed by atoms with van der Waals surface area (Å²) in [7, 11) is 0. The van der Waals surface area contributed by atoms with Crippen LogP contribution < -0.4 is 14.8 Å². The van der Waals surface area contributed by atoms with E-state index in [4.69, 9.17) is 44.3 Å². The van der Waals surface area contributed by atoms with E-state index in [9.17, 15) is 10.1 Å². The Morgan fingerprint density at radius 1 is 1.03 bits per heavy atom. The fraction of sp³-hybridized carbons (Fsp3) is 0.154. The van der Waals surface area contributed by atoms with Crippen molar-refractivity contribution in [1.82, 2.24) is 0 Å². The van der Waals surface area contributed by atoms with E-state index in [1.807, 2.05) is 44.2 Å². The Bertz CT molecular complexity index is 1280. The van der Waals surface area contributed by atoms with Gasteiger partial charge in [0.2, 0.25) is 0 Å². The Labute approximate surface area is 213 Å². The summed E-state index contributed by atoms with van der Waals surface area (Å²) >= 11 is 18.4. The molecule has 1 amide bonds. The molecule has 0 aliphatic rings. The zero-order valence-electron chi connectivity index (χ0n) is 18.5. The molecule has 3 aromatic carbocycles. The number of nitrogens with one attached hydrogen (secondary N) is 1. The molecular formula is C26H21Cl3N2O3. The summed E-state index contributed by atoms with van der Waals surface area (Å²) in [5.74, 6) is 0.203. The van der Waals surface area contributed by atoms with Crippen LogP contribution in [0.15, 0.2) is 60.2 Å². The van der Waals surface area contributed by atoms with E-state index < -0.39 is 5.91 Å². The van der Waals surface area contributed by atoms with Gasteiger partial charge in [-0.25, -0.2) is 0 Å². The zero-order chi connectivity index (χ0) is 24.7. The predicted molar refractivity (Wildman–Crippen MR) is 137 cm³/mol. The van der Waals surface area contributed by atoms with Gasteiger partial charge in [0.25, 0.3) is 5.91 Å². The minimum atomic E-state index is -0.602. The molecule has 3 aromatic rings. The lowest BCUT2D eigenvalue weighted by molar-refractivity contribution is -0.112. The first-order chi connectivity index (χ1) is 16.3. The molecule has 0 aliphatic carbocycles. The smallest absolute Gasteiger partial charge is 0.266 e. The van der Waals surface area contributed by atoms with E-state index in [0.717, 1.165) is 11.1 Å². The molecular weight excluding hydrogens is 495 g/mol. The number of benzene rings is 3. The highest BCUT2D eigenvalue weighted by Gasteiger charge is 2.15. The number of hydrogen-bond donors (Lipinski definition) is 1. The van der Waals surface area contributed by atoms with E-state index in [1.54, 1.807) is 24.3 Å². The van der Waals surface area contributed by atoms with Gasteiger partial charge in [0.1, 0.15) is 18.2 Å². The van der Waals surface area contributed by atoms with Crippen LogP contribution in [0.2, 0.25) is 15.1 Å². The molecule has 0 bridgehead atoms. The second kappa shape index (κ2) is 11.8. The molecule has 1 N–H and O–H groups in total. The Morgan fingerprint density at radius 3 is 2.47 bits per heavy atom. The van der Waals surface area contributed by atoms with Gasteiger partial charge in [0, 0.05) is 5.69 Å². The van der Waals surface area contributed by atoms with Crippen molar-refractivity contribution < 1.29 is 14.3 Å². The Morgan fingerprint density at radius 2 is 1.79 bits per heavy atom. The van der Waals surface area contributed by atoms with E-state index in [-0.39, 0.29) is 10.6 Å². The summed E-state index contributed by atoms with van der Waals surface area (Å²) in [6, 6.07) is 17.7. The van der Waals surface area contributed by atoms with Gasteiger partial charge in [-0.05, 0) is 66.9 Å². The maximum Gasteiger partial charge on any atom is 0.266 e. The van der Waals surface area contributed by atoms with Crippen LogP contribution in [-0.4, -0.2) is 12.5 Å². The van der Waals surface area contributed by atoms with Crippen molar-refractivity contribution in [1.29, 1.82) is 5.26 Å². The fourth-order valence-corrected chi connectivity index (χ4v) is 3.66. The Hall–Kier alpha value is -3.17. The topological polar surface area (TPSA) is 71.3 Å². The van der Waals surface area contributed by atoms with Gasteiger partial charge in [0.15, 0.2) is 11.5 Å².